The van der Waals surface area contributed by atoms with Gasteiger partial charge in [0.2, 0.25) is 0 Å². The fourth-order valence-electron chi connectivity index (χ4n) is 1.98. The molecule has 0 saturated carbocycles. The van der Waals surface area contributed by atoms with E-state index in [2.05, 4.69) is 0 Å². The van der Waals surface area contributed by atoms with Crippen molar-refractivity contribution in [1.82, 2.24) is 0 Å². The normalized spacial score (nSPS) is 10.0. The molecule has 0 nitrogen and oxygen atoms in total. The molecule has 4 aromatic rings. The zero-order chi connectivity index (χ0) is 34.4. The molecule has 0 heterocycles. The first-order valence-electron chi connectivity index (χ1n) is 9.78. The number of hydrogen-bond acceptors (Lipinski definition) is 0. The Morgan fingerprint density at radius 1 is 0.178 bits per heavy atom. The van der Waals surface area contributed by atoms with Crippen LogP contribution in [0.25, 0.3) is 0 Å². The molecule has 21 heteroatoms. The van der Waals surface area contributed by atoms with Crippen LogP contribution in [0.1, 0.15) is 0 Å². The van der Waals surface area contributed by atoms with Crippen molar-refractivity contribution in [3.63, 3.8) is 0 Å². The van der Waals surface area contributed by atoms with E-state index in [0.29, 0.717) is 0 Å². The summed E-state index contributed by atoms with van der Waals surface area (Å²) in [7, 11) is 0. The Labute approximate surface area is 247 Å². The number of benzene rings is 4. The van der Waals surface area contributed by atoms with E-state index >= 15 is 0 Å². The summed E-state index contributed by atoms with van der Waals surface area (Å²) in [4.78, 5) is 0. The van der Waals surface area contributed by atoms with Gasteiger partial charge in [0, 0.05) is 0 Å². The van der Waals surface area contributed by atoms with E-state index < -0.39 is 116 Å². The van der Waals surface area contributed by atoms with Gasteiger partial charge in [-0.05, 0) is 0 Å². The van der Waals surface area contributed by atoms with Crippen LogP contribution < -0.4 is 0 Å². The minimum absolute atomic E-state index is 0. The molecule has 241 valence electrons. The zero-order valence-corrected chi connectivity index (χ0v) is 21.4. The molecule has 0 saturated heterocycles. The van der Waals surface area contributed by atoms with Gasteiger partial charge in [-0.2, -0.15) is 0 Å². The number of hydrogen-bond donors (Lipinski definition) is 0. The monoisotopic (exact) mass is 719 g/mol. The molecule has 0 unspecified atom stereocenters. The van der Waals surface area contributed by atoms with Crippen LogP contribution in [-0.2, 0) is 18.6 Å². The van der Waals surface area contributed by atoms with E-state index in [4.69, 9.17) is 0 Å². The predicted molar refractivity (Wildman–Crippen MR) is 100 cm³/mol. The molecule has 4 aromatic carbocycles. The molecular formula is C24F20V. The van der Waals surface area contributed by atoms with Gasteiger partial charge in [-0.3, -0.25) is 35.1 Å². The standard InChI is InChI=1S/4C6F5.V/c4*7-2-1-3(8)5(10)6(11)4(2)9;/q4*-1;+4. The van der Waals surface area contributed by atoms with E-state index in [0.717, 1.165) is 24.3 Å². The second-order valence-corrected chi connectivity index (χ2v) is 6.78. The maximum atomic E-state index is 12.0. The van der Waals surface area contributed by atoms with Crippen LogP contribution in [0, 0.1) is 141 Å². The van der Waals surface area contributed by atoms with Gasteiger partial charge < -0.3 is 0 Å². The molecule has 4 rings (SSSR count). The molecular weight excluding hydrogens is 719 g/mol. The first-order valence-corrected chi connectivity index (χ1v) is 9.78. The van der Waals surface area contributed by atoms with Crippen molar-refractivity contribution < 1.29 is 106 Å². The Kier molecular flexibility index (Phi) is 15.5. The summed E-state index contributed by atoms with van der Waals surface area (Å²) in [6.07, 6.45) is 0. The molecule has 0 N–H and O–H groups in total. The average Bonchev–Trinajstić information content (AvgIpc) is 2.97. The van der Waals surface area contributed by atoms with Gasteiger partial charge in [-0.1, -0.05) is 0 Å². The van der Waals surface area contributed by atoms with Gasteiger partial charge in [0.05, 0.1) is 116 Å². The van der Waals surface area contributed by atoms with Gasteiger partial charge >= 0.3 is 18.6 Å². The van der Waals surface area contributed by atoms with Crippen molar-refractivity contribution in [1.29, 1.82) is 0 Å². The molecule has 0 amide bonds. The molecule has 0 aliphatic heterocycles. The van der Waals surface area contributed by atoms with Gasteiger partial charge in [0.1, 0.15) is 0 Å². The largest absolute Gasteiger partial charge is 4.00 e. The van der Waals surface area contributed by atoms with Gasteiger partial charge in [-0.15, -0.1) is 24.3 Å². The second kappa shape index (κ2) is 16.9. The Bertz CT molecular complexity index is 1320. The predicted octanol–water partition coefficient (Wildman–Crippen LogP) is 8.73. The maximum Gasteiger partial charge on any atom is 4.00 e. The fraction of sp³-hybridized carbons (Fsp3) is 0. The van der Waals surface area contributed by atoms with Crippen LogP contribution >= 0.6 is 0 Å². The second-order valence-electron chi connectivity index (χ2n) is 6.78. The van der Waals surface area contributed by atoms with Gasteiger partial charge in [0.25, 0.3) is 0 Å². The Morgan fingerprint density at radius 3 is 0.356 bits per heavy atom. The maximum absolute atomic E-state index is 12.0. The topological polar surface area (TPSA) is 0 Å². The van der Waals surface area contributed by atoms with E-state index in [1.54, 1.807) is 0 Å². The summed E-state index contributed by atoms with van der Waals surface area (Å²) in [5.74, 6) is -40.2. The summed E-state index contributed by atoms with van der Waals surface area (Å²) >= 11 is 0. The summed E-state index contributed by atoms with van der Waals surface area (Å²) in [6, 6.07) is 4.10. The molecule has 0 aromatic heterocycles. The minimum Gasteiger partial charge on any atom is -0.278 e. The Hall–Kier alpha value is -3.94. The Balaban J connectivity index is 0.000000569. The SMILES string of the molecule is Fc1[c-]c(F)c(F)c(F)c1F.Fc1[c-]c(F)c(F)c(F)c1F.Fc1[c-]c(F)c(F)c(F)c1F.Fc1[c-]c(F)c(F)c(F)c1F.[V+4]. The molecule has 45 heavy (non-hydrogen) atoms. The quantitative estimate of drug-likeness (QED) is 0.0739. The van der Waals surface area contributed by atoms with Crippen LogP contribution in [0.4, 0.5) is 87.8 Å². The number of halogens is 20. The van der Waals surface area contributed by atoms with Crippen molar-refractivity contribution in [3.05, 3.63) is 141 Å². The summed E-state index contributed by atoms with van der Waals surface area (Å²) in [5.41, 5.74) is 0. The third-order valence-electron chi connectivity index (χ3n) is 3.96. The fourth-order valence-corrected chi connectivity index (χ4v) is 1.98. The molecule has 1 radical (unpaired) electrons. The molecule has 0 fully saturated rings. The first kappa shape index (κ1) is 41.1. The van der Waals surface area contributed by atoms with Crippen LogP contribution in [0.2, 0.25) is 0 Å². The zero-order valence-electron chi connectivity index (χ0n) is 20.0. The van der Waals surface area contributed by atoms with Gasteiger partial charge in [-0.25, -0.2) is 52.7 Å². The van der Waals surface area contributed by atoms with Crippen molar-refractivity contribution in [2.24, 2.45) is 0 Å². The molecule has 0 aliphatic carbocycles. The van der Waals surface area contributed by atoms with Crippen LogP contribution in [-0.4, -0.2) is 0 Å². The molecule has 0 aliphatic rings. The van der Waals surface area contributed by atoms with E-state index in [9.17, 15) is 87.8 Å². The Morgan fingerprint density at radius 2 is 0.267 bits per heavy atom. The third kappa shape index (κ3) is 10.0. The van der Waals surface area contributed by atoms with Crippen molar-refractivity contribution in [2.45, 2.75) is 0 Å². The van der Waals surface area contributed by atoms with E-state index in [-0.39, 0.29) is 18.6 Å². The van der Waals surface area contributed by atoms with Crippen molar-refractivity contribution in [3.8, 4) is 0 Å². The van der Waals surface area contributed by atoms with E-state index in [1.165, 1.54) is 0 Å². The molecule has 0 atom stereocenters. The summed E-state index contributed by atoms with van der Waals surface area (Å²) < 4.78 is 239. The van der Waals surface area contributed by atoms with Gasteiger partial charge in [0.15, 0.2) is 0 Å². The van der Waals surface area contributed by atoms with Crippen molar-refractivity contribution >= 4 is 0 Å². The average molecular weight is 719 g/mol. The summed E-state index contributed by atoms with van der Waals surface area (Å²) in [6.45, 7) is 0. The summed E-state index contributed by atoms with van der Waals surface area (Å²) in [5, 5.41) is 0. The third-order valence-corrected chi connectivity index (χ3v) is 3.96. The van der Waals surface area contributed by atoms with Crippen LogP contribution in [0.15, 0.2) is 0 Å². The molecule has 0 spiro atoms. The molecule has 0 bridgehead atoms. The number of rotatable bonds is 0. The van der Waals surface area contributed by atoms with Crippen LogP contribution in [0.3, 0.4) is 0 Å². The smallest absolute Gasteiger partial charge is 0.278 e. The van der Waals surface area contributed by atoms with Crippen molar-refractivity contribution in [2.75, 3.05) is 0 Å². The van der Waals surface area contributed by atoms with E-state index in [1.807, 2.05) is 0 Å². The first-order chi connectivity index (χ1) is 20.1. The van der Waals surface area contributed by atoms with Crippen LogP contribution in [0.5, 0.6) is 0 Å². The minimum atomic E-state index is -2.17.